The van der Waals surface area contributed by atoms with E-state index in [1.54, 1.807) is 0 Å². The van der Waals surface area contributed by atoms with E-state index >= 15 is 0 Å². The van der Waals surface area contributed by atoms with Crippen molar-refractivity contribution in [2.24, 2.45) is 0 Å². The van der Waals surface area contributed by atoms with Crippen LogP contribution < -0.4 is 5.32 Å². The van der Waals surface area contributed by atoms with Crippen LogP contribution in [0, 0.1) is 11.3 Å². The summed E-state index contributed by atoms with van der Waals surface area (Å²) in [5.74, 6) is 0. The van der Waals surface area contributed by atoms with E-state index in [2.05, 4.69) is 16.3 Å². The number of ether oxygens (including phenoxy) is 1. The maximum Gasteiger partial charge on any atom is 0.103 e. The molecular formula is C14H25N3O. The molecule has 0 bridgehead atoms. The zero-order valence-electron chi connectivity index (χ0n) is 11.6. The third-order valence-corrected chi connectivity index (χ3v) is 4.52. The van der Waals surface area contributed by atoms with Gasteiger partial charge in [0.05, 0.1) is 18.8 Å². The minimum atomic E-state index is -0.374. The van der Waals surface area contributed by atoms with Crippen molar-refractivity contribution >= 4 is 0 Å². The summed E-state index contributed by atoms with van der Waals surface area (Å²) in [4.78, 5) is 2.58. The van der Waals surface area contributed by atoms with Crippen molar-refractivity contribution in [2.45, 2.75) is 56.7 Å². The minimum Gasteiger partial charge on any atom is -0.375 e. The Kier molecular flexibility index (Phi) is 4.60. The molecule has 3 unspecified atom stereocenters. The average Bonchev–Trinajstić information content (AvgIpc) is 2.87. The SMILES string of the molecule is CNC(C)(C#N)CCCN1CCOC2CCCC21. The molecule has 18 heavy (non-hydrogen) atoms. The van der Waals surface area contributed by atoms with Crippen molar-refractivity contribution in [3.05, 3.63) is 0 Å². The largest absolute Gasteiger partial charge is 0.375 e. The average molecular weight is 251 g/mol. The topological polar surface area (TPSA) is 48.3 Å². The first-order valence-electron chi connectivity index (χ1n) is 7.14. The standard InChI is InChI=1S/C14H25N3O/c1-14(11-15,16-2)7-4-8-17-9-10-18-13-6-3-5-12(13)17/h12-13,16H,3-10H2,1-2H3. The van der Waals surface area contributed by atoms with Gasteiger partial charge in [-0.05, 0) is 52.6 Å². The molecule has 4 nitrogen and oxygen atoms in total. The molecule has 2 rings (SSSR count). The van der Waals surface area contributed by atoms with Crippen LogP contribution in [0.1, 0.15) is 39.0 Å². The molecule has 3 atom stereocenters. The molecule has 1 aliphatic carbocycles. The highest BCUT2D eigenvalue weighted by Gasteiger charge is 2.35. The van der Waals surface area contributed by atoms with E-state index in [9.17, 15) is 0 Å². The molecule has 1 aliphatic heterocycles. The fourth-order valence-electron chi connectivity index (χ4n) is 3.16. The van der Waals surface area contributed by atoms with Crippen molar-refractivity contribution in [1.29, 1.82) is 5.26 Å². The van der Waals surface area contributed by atoms with Gasteiger partial charge in [0, 0.05) is 12.6 Å². The lowest BCUT2D eigenvalue weighted by Crippen LogP contribution is -2.49. The van der Waals surface area contributed by atoms with Gasteiger partial charge >= 0.3 is 0 Å². The van der Waals surface area contributed by atoms with Crippen LogP contribution in [0.2, 0.25) is 0 Å². The van der Waals surface area contributed by atoms with Crippen LogP contribution in [0.5, 0.6) is 0 Å². The number of hydrogen-bond acceptors (Lipinski definition) is 4. The second kappa shape index (κ2) is 6.01. The summed E-state index contributed by atoms with van der Waals surface area (Å²) in [6.07, 6.45) is 6.28. The van der Waals surface area contributed by atoms with Gasteiger partial charge in [-0.15, -0.1) is 0 Å². The molecular weight excluding hydrogens is 226 g/mol. The first-order chi connectivity index (χ1) is 8.68. The van der Waals surface area contributed by atoms with Crippen LogP contribution in [-0.4, -0.2) is 49.3 Å². The molecule has 0 spiro atoms. The Bertz CT molecular complexity index is 315. The van der Waals surface area contributed by atoms with Crippen LogP contribution in [0.3, 0.4) is 0 Å². The Morgan fingerprint density at radius 2 is 2.33 bits per heavy atom. The Morgan fingerprint density at radius 1 is 1.50 bits per heavy atom. The van der Waals surface area contributed by atoms with Crippen molar-refractivity contribution in [1.82, 2.24) is 10.2 Å². The number of morpholine rings is 1. The van der Waals surface area contributed by atoms with Gasteiger partial charge in [-0.2, -0.15) is 5.26 Å². The molecule has 102 valence electrons. The van der Waals surface area contributed by atoms with E-state index in [-0.39, 0.29) is 5.54 Å². The van der Waals surface area contributed by atoms with Crippen molar-refractivity contribution < 1.29 is 4.74 Å². The molecule has 1 heterocycles. The first kappa shape index (κ1) is 13.8. The third kappa shape index (κ3) is 3.03. The molecule has 0 aromatic rings. The summed E-state index contributed by atoms with van der Waals surface area (Å²) in [5, 5.41) is 12.2. The number of rotatable bonds is 5. The molecule has 2 fully saturated rings. The van der Waals surface area contributed by atoms with Crippen LogP contribution in [0.15, 0.2) is 0 Å². The smallest absolute Gasteiger partial charge is 0.103 e. The lowest BCUT2D eigenvalue weighted by molar-refractivity contribution is -0.0560. The molecule has 0 aromatic carbocycles. The highest BCUT2D eigenvalue weighted by atomic mass is 16.5. The second-order valence-electron chi connectivity index (χ2n) is 5.74. The normalized spacial score (nSPS) is 31.6. The van der Waals surface area contributed by atoms with Crippen molar-refractivity contribution in [3.8, 4) is 6.07 Å². The summed E-state index contributed by atoms with van der Waals surface area (Å²) in [6, 6.07) is 3.00. The van der Waals surface area contributed by atoms with Crippen LogP contribution in [-0.2, 0) is 4.74 Å². The van der Waals surface area contributed by atoms with Gasteiger partial charge in [-0.3, -0.25) is 4.90 Å². The highest BCUT2D eigenvalue weighted by molar-refractivity contribution is 5.02. The second-order valence-corrected chi connectivity index (χ2v) is 5.74. The fraction of sp³-hybridized carbons (Fsp3) is 0.929. The van der Waals surface area contributed by atoms with E-state index in [4.69, 9.17) is 10.00 Å². The summed E-state index contributed by atoms with van der Waals surface area (Å²) in [6.45, 7) is 5.01. The van der Waals surface area contributed by atoms with Gasteiger partial charge in [0.25, 0.3) is 0 Å². The molecule has 1 saturated heterocycles. The number of nitrogens with zero attached hydrogens (tertiary/aromatic N) is 2. The molecule has 1 saturated carbocycles. The van der Waals surface area contributed by atoms with Gasteiger partial charge in [-0.25, -0.2) is 0 Å². The molecule has 0 aromatic heterocycles. The quantitative estimate of drug-likeness (QED) is 0.805. The lowest BCUT2D eigenvalue weighted by Gasteiger charge is -2.38. The van der Waals surface area contributed by atoms with Crippen LogP contribution in [0.25, 0.3) is 0 Å². The summed E-state index contributed by atoms with van der Waals surface area (Å²) in [5.41, 5.74) is -0.374. The Morgan fingerprint density at radius 3 is 3.06 bits per heavy atom. The van der Waals surface area contributed by atoms with E-state index in [0.717, 1.165) is 32.5 Å². The summed E-state index contributed by atoms with van der Waals surface area (Å²) < 4.78 is 5.82. The zero-order chi connectivity index (χ0) is 13.0. The summed E-state index contributed by atoms with van der Waals surface area (Å²) in [7, 11) is 1.87. The van der Waals surface area contributed by atoms with Crippen molar-refractivity contribution in [3.63, 3.8) is 0 Å². The van der Waals surface area contributed by atoms with Gasteiger partial charge in [0.1, 0.15) is 5.54 Å². The molecule has 0 amide bonds. The van der Waals surface area contributed by atoms with E-state index < -0.39 is 0 Å². The lowest BCUT2D eigenvalue weighted by atomic mass is 9.97. The van der Waals surface area contributed by atoms with E-state index in [1.807, 2.05) is 14.0 Å². The summed E-state index contributed by atoms with van der Waals surface area (Å²) >= 11 is 0. The van der Waals surface area contributed by atoms with Crippen LogP contribution >= 0.6 is 0 Å². The zero-order valence-corrected chi connectivity index (χ0v) is 11.6. The highest BCUT2D eigenvalue weighted by Crippen LogP contribution is 2.29. The Hall–Kier alpha value is -0.630. The number of nitriles is 1. The monoisotopic (exact) mass is 251 g/mol. The molecule has 1 N–H and O–H groups in total. The Balaban J connectivity index is 1.78. The van der Waals surface area contributed by atoms with E-state index in [0.29, 0.717) is 12.1 Å². The van der Waals surface area contributed by atoms with Gasteiger partial charge in [-0.1, -0.05) is 0 Å². The van der Waals surface area contributed by atoms with Crippen molar-refractivity contribution in [2.75, 3.05) is 26.7 Å². The number of fused-ring (bicyclic) bond motifs is 1. The number of hydrogen-bond donors (Lipinski definition) is 1. The minimum absolute atomic E-state index is 0.374. The van der Waals surface area contributed by atoms with Crippen LogP contribution in [0.4, 0.5) is 0 Å². The third-order valence-electron chi connectivity index (χ3n) is 4.52. The predicted molar refractivity (Wildman–Crippen MR) is 71.3 cm³/mol. The molecule has 2 aliphatic rings. The Labute approximate surface area is 110 Å². The van der Waals surface area contributed by atoms with E-state index in [1.165, 1.54) is 19.3 Å². The van der Waals surface area contributed by atoms with Gasteiger partial charge < -0.3 is 10.1 Å². The predicted octanol–water partition coefficient (Wildman–Crippen LogP) is 1.52. The van der Waals surface area contributed by atoms with Gasteiger partial charge in [0.15, 0.2) is 0 Å². The fourth-order valence-corrected chi connectivity index (χ4v) is 3.16. The maximum absolute atomic E-state index is 9.13. The maximum atomic E-state index is 9.13. The van der Waals surface area contributed by atoms with Gasteiger partial charge in [0.2, 0.25) is 0 Å². The molecule has 0 radical (unpaired) electrons. The molecule has 4 heteroatoms. The first-order valence-corrected chi connectivity index (χ1v) is 7.14. The number of nitrogens with one attached hydrogen (secondary N) is 1.